The van der Waals surface area contributed by atoms with Crippen LogP contribution in [0.1, 0.15) is 83.0 Å². The number of rotatable bonds is 16. The summed E-state index contributed by atoms with van der Waals surface area (Å²) in [5.74, 6) is -1.79. The maximum atomic E-state index is 13.6. The topological polar surface area (TPSA) is 231 Å². The van der Waals surface area contributed by atoms with Crippen molar-refractivity contribution in [2.24, 2.45) is 0 Å². The number of fused-ring (bicyclic) bond motifs is 3. The Hall–Kier alpha value is -5.60. The quantitative estimate of drug-likeness (QED) is 0.0426. The van der Waals surface area contributed by atoms with Gasteiger partial charge in [-0.3, -0.25) is 0 Å². The summed E-state index contributed by atoms with van der Waals surface area (Å²) in [4.78, 5) is 39.9. The van der Waals surface area contributed by atoms with E-state index >= 15 is 0 Å². The van der Waals surface area contributed by atoms with Gasteiger partial charge in [0.1, 0.15) is 58.0 Å². The van der Waals surface area contributed by atoms with Gasteiger partial charge in [-0.15, -0.1) is 0 Å². The van der Waals surface area contributed by atoms with Crippen molar-refractivity contribution in [3.8, 4) is 34.5 Å². The summed E-state index contributed by atoms with van der Waals surface area (Å²) in [5, 5.41) is 0.707. The number of furan rings is 3. The van der Waals surface area contributed by atoms with Crippen molar-refractivity contribution in [1.29, 1.82) is 0 Å². The molecule has 0 amide bonds. The Bertz CT molecular complexity index is 2730. The Labute approximate surface area is 371 Å². The molecule has 0 radical (unpaired) electrons. The molecule has 3 aromatic carbocycles. The smallest absolute Gasteiger partial charge is 0.716 e. The molecule has 6 rings (SSSR count). The Morgan fingerprint density at radius 3 is 1.43 bits per heavy atom. The van der Waals surface area contributed by atoms with Crippen LogP contribution < -0.4 is 57.4 Å². The number of carbonyl (C=O) groups is 3. The molecule has 61 heavy (non-hydrogen) atoms. The first-order chi connectivity index (χ1) is 28.4. The molecule has 0 fully saturated rings. The summed E-state index contributed by atoms with van der Waals surface area (Å²) < 4.78 is 102. The van der Waals surface area contributed by atoms with Gasteiger partial charge in [0.2, 0.25) is 0 Å². The van der Waals surface area contributed by atoms with E-state index in [4.69, 9.17) is 51.1 Å². The maximum Gasteiger partial charge on any atom is 1.00 e. The van der Waals surface area contributed by atoms with Gasteiger partial charge in [0.15, 0.2) is 46.0 Å². The Kier molecular flexibility index (Phi) is 14.1. The van der Waals surface area contributed by atoms with Gasteiger partial charge in [0.25, 0.3) is 10.4 Å². The second-order valence-corrected chi connectivity index (χ2v) is 14.8. The fraction of sp³-hybridized carbons (Fsp3) is 0.341. The van der Waals surface area contributed by atoms with Crippen LogP contribution in [0.3, 0.4) is 0 Å². The third-order valence-corrected chi connectivity index (χ3v) is 9.10. The van der Waals surface area contributed by atoms with E-state index in [1.807, 2.05) is 0 Å². The monoisotopic (exact) mass is 876 g/mol. The molecule has 0 bridgehead atoms. The second kappa shape index (κ2) is 18.6. The molecule has 18 nitrogen and oxygen atoms in total. The molecule has 0 aliphatic heterocycles. The van der Waals surface area contributed by atoms with Gasteiger partial charge in [-0.2, -0.15) is 0 Å². The molecule has 20 heteroatoms. The molecule has 0 saturated carbocycles. The van der Waals surface area contributed by atoms with Crippen LogP contribution >= 0.6 is 0 Å². The minimum atomic E-state index is -5.24. The number of hydrogen-bond acceptors (Lipinski definition) is 18. The summed E-state index contributed by atoms with van der Waals surface area (Å²) in [6, 6.07) is 8.43. The Morgan fingerprint density at radius 1 is 0.607 bits per heavy atom. The van der Waals surface area contributed by atoms with Gasteiger partial charge < -0.3 is 59.9 Å². The minimum Gasteiger partial charge on any atom is -0.716 e. The third-order valence-electron chi connectivity index (χ3n) is 8.72. The zero-order valence-corrected chi connectivity index (χ0v) is 37.9. The first-order valence-electron chi connectivity index (χ1n) is 18.3. The van der Waals surface area contributed by atoms with E-state index in [2.05, 4.69) is 4.18 Å². The zero-order chi connectivity index (χ0) is 43.7. The number of aryl methyl sites for hydroxylation is 1. The number of hydrogen-bond donors (Lipinski definition) is 0. The molecular weight excluding hydrogens is 835 g/mol. The maximum absolute atomic E-state index is 13.6. The van der Waals surface area contributed by atoms with Crippen molar-refractivity contribution in [3.63, 3.8) is 0 Å². The molecule has 0 aliphatic rings. The molecule has 320 valence electrons. The zero-order valence-electron chi connectivity index (χ0n) is 35.0. The van der Waals surface area contributed by atoms with E-state index in [0.717, 1.165) is 6.07 Å². The fourth-order valence-electron chi connectivity index (χ4n) is 6.34. The molecule has 0 unspecified atom stereocenters. The summed E-state index contributed by atoms with van der Waals surface area (Å²) in [6.07, 6.45) is 0. The van der Waals surface area contributed by atoms with Gasteiger partial charge in [-0.25, -0.2) is 22.8 Å². The van der Waals surface area contributed by atoms with Gasteiger partial charge in [-0.05, 0) is 59.7 Å². The van der Waals surface area contributed by atoms with Crippen LogP contribution in [0.2, 0.25) is 0 Å². The first-order valence-corrected chi connectivity index (χ1v) is 19.6. The molecule has 3 heterocycles. The van der Waals surface area contributed by atoms with Crippen LogP contribution in [0.15, 0.2) is 49.6 Å². The molecule has 3 aromatic heterocycles. The van der Waals surface area contributed by atoms with E-state index in [9.17, 15) is 27.4 Å². The van der Waals surface area contributed by atoms with Gasteiger partial charge in [-0.1, -0.05) is 0 Å². The molecule has 0 spiro atoms. The largest absolute Gasteiger partial charge is 1.00 e. The van der Waals surface area contributed by atoms with Crippen LogP contribution in [0.5, 0.6) is 34.5 Å². The number of esters is 3. The van der Waals surface area contributed by atoms with Gasteiger partial charge in [0.05, 0.1) is 34.5 Å². The predicted octanol–water partition coefficient (Wildman–Crippen LogP) is 4.57. The van der Waals surface area contributed by atoms with E-state index in [0.29, 0.717) is 16.7 Å². The van der Waals surface area contributed by atoms with Gasteiger partial charge in [0, 0.05) is 34.4 Å². The minimum absolute atomic E-state index is 0. The predicted molar refractivity (Wildman–Crippen MR) is 209 cm³/mol. The van der Waals surface area contributed by atoms with Crippen LogP contribution in [0, 0.1) is 6.92 Å². The number of benzene rings is 3. The SMILES string of the molecule is CCOC(=O)c1c(C)oc2cc(OC)c(OCc3oc4cc(OC)c(OCc5oc6cc(OC)c(OS(=O)(=O)[O-])cc6c5C(=O)OC(C)(C)C)cc4c3C(=O)OCC)cc12.[Na+]. The van der Waals surface area contributed by atoms with Crippen LogP contribution in [-0.4, -0.2) is 71.0 Å². The third kappa shape index (κ3) is 9.97. The van der Waals surface area contributed by atoms with Crippen molar-refractivity contribution >= 4 is 61.2 Å². The summed E-state index contributed by atoms with van der Waals surface area (Å²) in [5.41, 5.74) is -0.274. The first kappa shape index (κ1) is 46.5. The van der Waals surface area contributed by atoms with Crippen molar-refractivity contribution in [3.05, 3.63) is 70.4 Å². The molecule has 0 N–H and O–H groups in total. The molecule has 0 atom stereocenters. The number of methoxy groups -OCH3 is 3. The molecule has 0 aliphatic carbocycles. The van der Waals surface area contributed by atoms with Crippen LogP contribution in [-0.2, 0) is 37.8 Å². The Morgan fingerprint density at radius 2 is 1.00 bits per heavy atom. The summed E-state index contributed by atoms with van der Waals surface area (Å²) in [7, 11) is -1.21. The number of ether oxygens (including phenoxy) is 8. The average molecular weight is 877 g/mol. The second-order valence-electron chi connectivity index (χ2n) is 13.8. The normalized spacial score (nSPS) is 11.6. The van der Waals surface area contributed by atoms with Crippen molar-refractivity contribution in [2.45, 2.75) is 60.4 Å². The average Bonchev–Trinajstić information content (AvgIpc) is 3.82. The number of carbonyl (C=O) groups excluding carboxylic acids is 3. The van der Waals surface area contributed by atoms with E-state index < -0.39 is 46.3 Å². The van der Waals surface area contributed by atoms with E-state index in [-0.39, 0.29) is 128 Å². The van der Waals surface area contributed by atoms with Crippen molar-refractivity contribution in [1.82, 2.24) is 0 Å². The van der Waals surface area contributed by atoms with Gasteiger partial charge >= 0.3 is 47.5 Å². The van der Waals surface area contributed by atoms with E-state index in [1.165, 1.54) is 39.5 Å². The van der Waals surface area contributed by atoms with E-state index in [1.54, 1.807) is 53.7 Å². The standard InChI is InChI=1S/C41H42O18S.Na/c1-10-51-38(42)35-20(3)55-24-15-27(48-7)30(12-21(24)35)53-18-33-36(39(43)52-11-2)22-13-31(28(49-8)16-25(22)56-33)54-19-34-37(40(44)58-41(4,5)6)23-14-32(59-60(45,46)47)29(50-9)17-26(23)57-34;/h12-17H,10-11,18-19H2,1-9H3,(H,45,46,47);/q;+1/p-1. The van der Waals surface area contributed by atoms with Crippen LogP contribution in [0.25, 0.3) is 32.9 Å². The van der Waals surface area contributed by atoms with Crippen molar-refractivity contribution in [2.75, 3.05) is 34.5 Å². The summed E-state index contributed by atoms with van der Waals surface area (Å²) in [6.45, 7) is 9.35. The molecular formula is C41H41NaO18S. The summed E-state index contributed by atoms with van der Waals surface area (Å²) >= 11 is 0. The van der Waals surface area contributed by atoms with Crippen molar-refractivity contribution < 1.29 is 112 Å². The Balaban J connectivity index is 0.00000704. The molecule has 6 aromatic rings. The van der Waals surface area contributed by atoms with Crippen LogP contribution in [0.4, 0.5) is 0 Å². The fourth-order valence-corrected chi connectivity index (χ4v) is 6.69. The molecule has 0 saturated heterocycles.